The third-order valence-corrected chi connectivity index (χ3v) is 5.21. The lowest BCUT2D eigenvalue weighted by Gasteiger charge is -2.25. The molecule has 0 aromatic heterocycles. The van der Waals surface area contributed by atoms with Gasteiger partial charge >= 0.3 is 0 Å². The molecule has 0 saturated carbocycles. The summed E-state index contributed by atoms with van der Waals surface area (Å²) in [5.74, 6) is -0.871. The van der Waals surface area contributed by atoms with Crippen LogP contribution in [0.25, 0.3) is 0 Å². The summed E-state index contributed by atoms with van der Waals surface area (Å²) in [4.78, 5) is 0. The first kappa shape index (κ1) is 16.7. The second-order valence-electron chi connectivity index (χ2n) is 4.47. The SMILES string of the molecule is CC(CCl)CS(=O)(=O)N(CCC#N)c1ccccc1F. The van der Waals surface area contributed by atoms with Gasteiger partial charge in [-0.1, -0.05) is 19.1 Å². The summed E-state index contributed by atoms with van der Waals surface area (Å²) in [5, 5.41) is 8.64. The molecule has 0 bridgehead atoms. The first-order valence-corrected chi connectivity index (χ1v) is 8.24. The van der Waals surface area contributed by atoms with Crippen molar-refractivity contribution >= 4 is 27.3 Å². The molecule has 0 aliphatic carbocycles. The van der Waals surface area contributed by atoms with Gasteiger partial charge in [-0.25, -0.2) is 12.8 Å². The lowest BCUT2D eigenvalue weighted by atomic mass is 10.3. The van der Waals surface area contributed by atoms with Gasteiger partial charge in [0.15, 0.2) is 0 Å². The van der Waals surface area contributed by atoms with Gasteiger partial charge in [0.05, 0.1) is 23.9 Å². The summed E-state index contributed by atoms with van der Waals surface area (Å²) in [5.41, 5.74) is -0.0375. The molecule has 110 valence electrons. The van der Waals surface area contributed by atoms with Crippen LogP contribution in [0.4, 0.5) is 10.1 Å². The molecular formula is C13H16ClFN2O2S. The molecule has 1 aromatic carbocycles. The van der Waals surface area contributed by atoms with Gasteiger partial charge in [0.25, 0.3) is 0 Å². The van der Waals surface area contributed by atoms with Crippen molar-refractivity contribution in [3.63, 3.8) is 0 Å². The zero-order valence-electron chi connectivity index (χ0n) is 11.1. The van der Waals surface area contributed by atoms with Gasteiger partial charge in [-0.3, -0.25) is 4.31 Å². The lowest BCUT2D eigenvalue weighted by molar-refractivity contribution is 0.574. The fourth-order valence-electron chi connectivity index (χ4n) is 1.71. The molecule has 0 amide bonds. The monoisotopic (exact) mass is 318 g/mol. The Hall–Kier alpha value is -1.32. The van der Waals surface area contributed by atoms with Crippen molar-refractivity contribution in [3.05, 3.63) is 30.1 Å². The van der Waals surface area contributed by atoms with Crippen molar-refractivity contribution in [2.75, 3.05) is 22.5 Å². The Bertz CT molecular complexity index is 586. The molecule has 1 rings (SSSR count). The van der Waals surface area contributed by atoms with Crippen LogP contribution in [0.15, 0.2) is 24.3 Å². The molecule has 0 aliphatic rings. The van der Waals surface area contributed by atoms with Crippen molar-refractivity contribution in [1.82, 2.24) is 0 Å². The van der Waals surface area contributed by atoms with E-state index in [1.165, 1.54) is 18.2 Å². The minimum absolute atomic E-state index is 0.0111. The summed E-state index contributed by atoms with van der Waals surface area (Å²) < 4.78 is 39.5. The molecule has 0 aliphatic heterocycles. The van der Waals surface area contributed by atoms with Gasteiger partial charge in [-0.05, 0) is 18.1 Å². The third-order valence-electron chi connectivity index (χ3n) is 2.64. The maximum atomic E-state index is 13.8. The van der Waals surface area contributed by atoms with Crippen LogP contribution in [0, 0.1) is 23.1 Å². The molecule has 0 heterocycles. The zero-order valence-corrected chi connectivity index (χ0v) is 12.7. The highest BCUT2D eigenvalue weighted by Gasteiger charge is 2.26. The van der Waals surface area contributed by atoms with Crippen LogP contribution in [-0.4, -0.2) is 26.6 Å². The van der Waals surface area contributed by atoms with Gasteiger partial charge in [0, 0.05) is 12.4 Å². The fourth-order valence-corrected chi connectivity index (χ4v) is 3.78. The number of hydrogen-bond donors (Lipinski definition) is 0. The van der Waals surface area contributed by atoms with Crippen molar-refractivity contribution < 1.29 is 12.8 Å². The molecule has 0 radical (unpaired) electrons. The van der Waals surface area contributed by atoms with Crippen molar-refractivity contribution in [2.45, 2.75) is 13.3 Å². The van der Waals surface area contributed by atoms with Crippen molar-refractivity contribution in [1.29, 1.82) is 5.26 Å². The average molecular weight is 319 g/mol. The molecule has 0 fully saturated rings. The molecule has 20 heavy (non-hydrogen) atoms. The standard InChI is InChI=1S/C13H16ClFN2O2S/c1-11(9-14)10-20(18,19)17(8-4-7-16)13-6-3-2-5-12(13)15/h2-3,5-6,11H,4,8-10H2,1H3. The average Bonchev–Trinajstić information content (AvgIpc) is 2.40. The number of sulfonamides is 1. The Labute approximate surface area is 123 Å². The van der Waals surface area contributed by atoms with Crippen LogP contribution in [-0.2, 0) is 10.0 Å². The van der Waals surface area contributed by atoms with E-state index in [9.17, 15) is 12.8 Å². The summed E-state index contributed by atoms with van der Waals surface area (Å²) >= 11 is 5.63. The zero-order chi connectivity index (χ0) is 15.2. The second kappa shape index (κ2) is 7.46. The van der Waals surface area contributed by atoms with Crippen LogP contribution in [0.2, 0.25) is 0 Å². The number of anilines is 1. The molecule has 1 atom stereocenters. The van der Waals surface area contributed by atoms with E-state index in [1.807, 2.05) is 6.07 Å². The third kappa shape index (κ3) is 4.36. The Morgan fingerprint density at radius 3 is 2.65 bits per heavy atom. The van der Waals surface area contributed by atoms with E-state index in [0.717, 1.165) is 4.31 Å². The van der Waals surface area contributed by atoms with Gasteiger partial charge in [0.2, 0.25) is 10.0 Å². The predicted molar refractivity (Wildman–Crippen MR) is 77.6 cm³/mol. The molecule has 7 heteroatoms. The summed E-state index contributed by atoms with van der Waals surface area (Å²) in [7, 11) is -3.72. The Morgan fingerprint density at radius 1 is 1.45 bits per heavy atom. The minimum Gasteiger partial charge on any atom is -0.266 e. The molecule has 4 nitrogen and oxygen atoms in total. The largest absolute Gasteiger partial charge is 0.266 e. The molecule has 1 aromatic rings. The van der Waals surface area contributed by atoms with E-state index in [0.29, 0.717) is 0 Å². The number of hydrogen-bond acceptors (Lipinski definition) is 3. The number of rotatable bonds is 7. The van der Waals surface area contributed by atoms with Crippen LogP contribution < -0.4 is 4.31 Å². The van der Waals surface area contributed by atoms with E-state index in [2.05, 4.69) is 0 Å². The van der Waals surface area contributed by atoms with Gasteiger partial charge in [-0.2, -0.15) is 5.26 Å². The van der Waals surface area contributed by atoms with E-state index in [4.69, 9.17) is 16.9 Å². The van der Waals surface area contributed by atoms with Crippen LogP contribution in [0.3, 0.4) is 0 Å². The highest BCUT2D eigenvalue weighted by molar-refractivity contribution is 7.92. The van der Waals surface area contributed by atoms with E-state index in [1.54, 1.807) is 13.0 Å². The predicted octanol–water partition coefficient (Wildman–Crippen LogP) is 2.75. The Morgan fingerprint density at radius 2 is 2.10 bits per heavy atom. The maximum Gasteiger partial charge on any atom is 0.235 e. The first-order chi connectivity index (χ1) is 9.42. The fraction of sp³-hybridized carbons (Fsp3) is 0.462. The number of alkyl halides is 1. The Kier molecular flexibility index (Phi) is 6.24. The highest BCUT2D eigenvalue weighted by atomic mass is 35.5. The van der Waals surface area contributed by atoms with Gasteiger partial charge < -0.3 is 0 Å². The lowest BCUT2D eigenvalue weighted by Crippen LogP contribution is -2.36. The summed E-state index contributed by atoms with van der Waals surface area (Å²) in [6.45, 7) is 1.63. The number of nitriles is 1. The van der Waals surface area contributed by atoms with E-state index in [-0.39, 0.29) is 36.2 Å². The molecule has 0 spiro atoms. The van der Waals surface area contributed by atoms with Crippen molar-refractivity contribution in [3.8, 4) is 6.07 Å². The summed E-state index contributed by atoms with van der Waals surface area (Å²) in [6, 6.07) is 7.48. The smallest absolute Gasteiger partial charge is 0.235 e. The second-order valence-corrected chi connectivity index (χ2v) is 6.72. The Balaban J connectivity index is 3.13. The van der Waals surface area contributed by atoms with Gasteiger partial charge in [0.1, 0.15) is 5.82 Å². The maximum absolute atomic E-state index is 13.8. The normalized spacial score (nSPS) is 12.7. The summed E-state index contributed by atoms with van der Waals surface area (Å²) in [6.07, 6.45) is -0.0111. The first-order valence-electron chi connectivity index (χ1n) is 6.10. The van der Waals surface area contributed by atoms with Crippen LogP contribution in [0.1, 0.15) is 13.3 Å². The quantitative estimate of drug-likeness (QED) is 0.726. The molecule has 1 unspecified atom stereocenters. The minimum atomic E-state index is -3.72. The topological polar surface area (TPSA) is 61.2 Å². The molecule has 0 saturated heterocycles. The van der Waals surface area contributed by atoms with E-state index < -0.39 is 15.8 Å². The molecule has 0 N–H and O–H groups in total. The molecular weight excluding hydrogens is 303 g/mol. The van der Waals surface area contributed by atoms with Gasteiger partial charge in [-0.15, -0.1) is 11.6 Å². The number of halogens is 2. The number of para-hydroxylation sites is 1. The highest BCUT2D eigenvalue weighted by Crippen LogP contribution is 2.23. The van der Waals surface area contributed by atoms with Crippen molar-refractivity contribution in [2.24, 2.45) is 5.92 Å². The van der Waals surface area contributed by atoms with Crippen LogP contribution in [0.5, 0.6) is 0 Å². The van der Waals surface area contributed by atoms with Crippen LogP contribution >= 0.6 is 11.6 Å². The number of nitrogens with zero attached hydrogens (tertiary/aromatic N) is 2. The van der Waals surface area contributed by atoms with E-state index >= 15 is 0 Å². The number of benzene rings is 1.